The Hall–Kier alpha value is -1.63. The molecule has 0 saturated carbocycles. The van der Waals surface area contributed by atoms with Crippen molar-refractivity contribution in [2.75, 3.05) is 6.61 Å². The van der Waals surface area contributed by atoms with E-state index in [1.54, 1.807) is 0 Å². The highest BCUT2D eigenvalue weighted by Gasteiger charge is 2.10. The van der Waals surface area contributed by atoms with Gasteiger partial charge in [0.2, 0.25) is 0 Å². The zero-order valence-corrected chi connectivity index (χ0v) is 9.32. The highest BCUT2D eigenvalue weighted by Crippen LogP contribution is 2.18. The molecule has 0 fully saturated rings. The number of nitrogens with zero attached hydrogens (tertiary/aromatic N) is 3. The summed E-state index contributed by atoms with van der Waals surface area (Å²) in [5.74, 6) is 0. The first-order valence-electron chi connectivity index (χ1n) is 4.86. The molecular formula is C11H15N3O. The minimum absolute atomic E-state index is 0.243. The Morgan fingerprint density at radius 1 is 1.33 bits per heavy atom. The lowest BCUT2D eigenvalue weighted by Gasteiger charge is -2.17. The molecule has 1 aromatic rings. The van der Waals surface area contributed by atoms with E-state index in [1.165, 1.54) is 12.4 Å². The van der Waals surface area contributed by atoms with Crippen LogP contribution in [0.15, 0.2) is 12.4 Å². The van der Waals surface area contributed by atoms with Gasteiger partial charge in [-0.3, -0.25) is 0 Å². The van der Waals surface area contributed by atoms with Crippen molar-refractivity contribution in [3.05, 3.63) is 18.0 Å². The van der Waals surface area contributed by atoms with Gasteiger partial charge in [-0.1, -0.05) is 20.8 Å². The summed E-state index contributed by atoms with van der Waals surface area (Å²) in [4.78, 5) is 7.83. The van der Waals surface area contributed by atoms with Gasteiger partial charge in [0, 0.05) is 0 Å². The van der Waals surface area contributed by atoms with Gasteiger partial charge in [0.25, 0.3) is 0 Å². The molecule has 4 nitrogen and oxygen atoms in total. The number of hydrogen-bond donors (Lipinski definition) is 0. The van der Waals surface area contributed by atoms with Gasteiger partial charge >= 0.3 is 6.01 Å². The van der Waals surface area contributed by atoms with E-state index in [9.17, 15) is 0 Å². The Bertz CT molecular complexity index is 346. The van der Waals surface area contributed by atoms with Crippen LogP contribution in [0, 0.1) is 16.7 Å². The van der Waals surface area contributed by atoms with Crippen molar-refractivity contribution in [2.24, 2.45) is 5.41 Å². The summed E-state index contributed by atoms with van der Waals surface area (Å²) in [6.45, 7) is 7.04. The number of hydrogen-bond acceptors (Lipinski definition) is 4. The van der Waals surface area contributed by atoms with Gasteiger partial charge in [-0.2, -0.15) is 5.26 Å². The summed E-state index contributed by atoms with van der Waals surface area (Å²) in [6.07, 6.45) is 3.86. The predicted octanol–water partition coefficient (Wildman–Crippen LogP) is 2.16. The Labute approximate surface area is 89.9 Å². The minimum atomic E-state index is 0.243. The molecule has 0 aliphatic rings. The minimum Gasteiger partial charge on any atom is -0.463 e. The molecule has 1 aromatic heterocycles. The summed E-state index contributed by atoms with van der Waals surface area (Å²) >= 11 is 0. The van der Waals surface area contributed by atoms with Crippen LogP contribution in [0.3, 0.4) is 0 Å². The van der Waals surface area contributed by atoms with Gasteiger partial charge in [0.15, 0.2) is 0 Å². The van der Waals surface area contributed by atoms with E-state index in [2.05, 4.69) is 30.7 Å². The van der Waals surface area contributed by atoms with Gasteiger partial charge in [-0.05, 0) is 11.8 Å². The Morgan fingerprint density at radius 3 is 2.40 bits per heavy atom. The van der Waals surface area contributed by atoms with Crippen LogP contribution in [-0.4, -0.2) is 16.6 Å². The lowest BCUT2D eigenvalue weighted by Crippen LogP contribution is -2.12. The van der Waals surface area contributed by atoms with Crippen LogP contribution < -0.4 is 4.74 Å². The number of ether oxygens (including phenoxy) is 1. The Balaban J connectivity index is 2.42. The third-order valence-electron chi connectivity index (χ3n) is 1.84. The maximum Gasteiger partial charge on any atom is 0.316 e. The highest BCUT2D eigenvalue weighted by molar-refractivity contribution is 5.22. The molecule has 0 amide bonds. The van der Waals surface area contributed by atoms with E-state index in [-0.39, 0.29) is 5.41 Å². The molecule has 1 rings (SSSR count). The largest absolute Gasteiger partial charge is 0.463 e. The normalized spacial score (nSPS) is 10.8. The molecule has 0 N–H and O–H groups in total. The second-order valence-corrected chi connectivity index (χ2v) is 4.53. The van der Waals surface area contributed by atoms with Crippen LogP contribution in [-0.2, 0) is 0 Å². The van der Waals surface area contributed by atoms with Crippen molar-refractivity contribution in [3.8, 4) is 12.1 Å². The molecule has 0 bridgehead atoms. The fraction of sp³-hybridized carbons (Fsp3) is 0.545. The summed E-state index contributed by atoms with van der Waals surface area (Å²) < 4.78 is 5.35. The standard InChI is InChI=1S/C11H15N3O/c1-11(2,3)4-5-15-10-13-7-9(6-12)8-14-10/h7-8H,4-5H2,1-3H3. The molecule has 0 radical (unpaired) electrons. The van der Waals surface area contributed by atoms with Crippen molar-refractivity contribution in [3.63, 3.8) is 0 Å². The molecule has 80 valence electrons. The van der Waals surface area contributed by atoms with E-state index < -0.39 is 0 Å². The molecule has 0 aliphatic heterocycles. The molecule has 0 unspecified atom stereocenters. The zero-order valence-electron chi connectivity index (χ0n) is 9.32. The first-order valence-corrected chi connectivity index (χ1v) is 4.86. The summed E-state index contributed by atoms with van der Waals surface area (Å²) in [5.41, 5.74) is 0.685. The van der Waals surface area contributed by atoms with Crippen LogP contribution >= 0.6 is 0 Å². The van der Waals surface area contributed by atoms with Gasteiger partial charge in [-0.15, -0.1) is 0 Å². The second kappa shape index (κ2) is 4.74. The smallest absolute Gasteiger partial charge is 0.316 e. The highest BCUT2D eigenvalue weighted by atomic mass is 16.5. The van der Waals surface area contributed by atoms with Crippen molar-refractivity contribution < 1.29 is 4.74 Å². The topological polar surface area (TPSA) is 58.8 Å². The predicted molar refractivity (Wildman–Crippen MR) is 56.3 cm³/mol. The van der Waals surface area contributed by atoms with Crippen molar-refractivity contribution in [1.82, 2.24) is 9.97 Å². The summed E-state index contributed by atoms with van der Waals surface area (Å²) in [7, 11) is 0. The van der Waals surface area contributed by atoms with Crippen molar-refractivity contribution in [1.29, 1.82) is 5.26 Å². The van der Waals surface area contributed by atoms with E-state index in [4.69, 9.17) is 10.00 Å². The van der Waals surface area contributed by atoms with Crippen LogP contribution in [0.2, 0.25) is 0 Å². The molecule has 0 aromatic carbocycles. The Morgan fingerprint density at radius 2 is 1.93 bits per heavy atom. The van der Waals surface area contributed by atoms with Crippen molar-refractivity contribution in [2.45, 2.75) is 27.2 Å². The van der Waals surface area contributed by atoms with Crippen molar-refractivity contribution >= 4 is 0 Å². The van der Waals surface area contributed by atoms with E-state index in [0.29, 0.717) is 18.2 Å². The quantitative estimate of drug-likeness (QED) is 0.758. The van der Waals surface area contributed by atoms with Gasteiger partial charge in [0.1, 0.15) is 6.07 Å². The number of rotatable bonds is 3. The first-order chi connectivity index (χ1) is 7.01. The molecule has 0 saturated heterocycles. The lowest BCUT2D eigenvalue weighted by atomic mass is 9.93. The fourth-order valence-corrected chi connectivity index (χ4v) is 0.897. The zero-order chi connectivity index (χ0) is 11.3. The molecule has 1 heterocycles. The third kappa shape index (κ3) is 4.41. The summed E-state index contributed by atoms with van der Waals surface area (Å²) in [5, 5.41) is 8.54. The maximum absolute atomic E-state index is 8.54. The fourth-order valence-electron chi connectivity index (χ4n) is 0.897. The van der Waals surface area contributed by atoms with Crippen LogP contribution in [0.5, 0.6) is 6.01 Å². The van der Waals surface area contributed by atoms with Gasteiger partial charge in [0.05, 0.1) is 24.6 Å². The molecule has 0 atom stereocenters. The molecule has 0 aliphatic carbocycles. The molecule has 15 heavy (non-hydrogen) atoms. The van der Waals surface area contributed by atoms with E-state index in [1.807, 2.05) is 6.07 Å². The van der Waals surface area contributed by atoms with E-state index in [0.717, 1.165) is 6.42 Å². The lowest BCUT2D eigenvalue weighted by molar-refractivity contribution is 0.229. The van der Waals surface area contributed by atoms with Crippen LogP contribution in [0.4, 0.5) is 0 Å². The SMILES string of the molecule is CC(C)(C)CCOc1ncc(C#N)cn1. The monoisotopic (exact) mass is 205 g/mol. The first kappa shape index (κ1) is 11.4. The van der Waals surface area contributed by atoms with Crippen LogP contribution in [0.1, 0.15) is 32.8 Å². The summed E-state index contributed by atoms with van der Waals surface area (Å²) in [6, 6.07) is 2.29. The van der Waals surface area contributed by atoms with Crippen LogP contribution in [0.25, 0.3) is 0 Å². The van der Waals surface area contributed by atoms with Gasteiger partial charge < -0.3 is 4.74 Å². The number of aromatic nitrogens is 2. The number of nitriles is 1. The average molecular weight is 205 g/mol. The third-order valence-corrected chi connectivity index (χ3v) is 1.84. The molecular weight excluding hydrogens is 190 g/mol. The van der Waals surface area contributed by atoms with E-state index >= 15 is 0 Å². The molecule has 4 heteroatoms. The molecule has 0 spiro atoms. The second-order valence-electron chi connectivity index (χ2n) is 4.53. The Kier molecular flexibility index (Phi) is 3.62. The van der Waals surface area contributed by atoms with Gasteiger partial charge in [-0.25, -0.2) is 9.97 Å². The maximum atomic E-state index is 8.54. The average Bonchev–Trinajstić information content (AvgIpc) is 2.17.